The first kappa shape index (κ1) is 14.3. The number of carbonyl (C=O) groups excluding carboxylic acids is 1. The monoisotopic (exact) mass is 325 g/mol. The smallest absolute Gasteiger partial charge is 0.255 e. The van der Waals surface area contributed by atoms with Crippen LogP contribution in [-0.2, 0) is 0 Å². The molecule has 0 bridgehead atoms. The summed E-state index contributed by atoms with van der Waals surface area (Å²) in [5.41, 5.74) is 6.17. The summed E-state index contributed by atoms with van der Waals surface area (Å²) < 4.78 is 0.762. The number of amides is 1. The van der Waals surface area contributed by atoms with E-state index in [1.807, 2.05) is 0 Å². The number of hydrogen-bond acceptors (Lipinski definition) is 3. The van der Waals surface area contributed by atoms with Gasteiger partial charge in [-0.3, -0.25) is 4.79 Å². The number of anilines is 1. The van der Waals surface area contributed by atoms with Gasteiger partial charge in [0.1, 0.15) is 5.82 Å². The number of nitrogens with two attached hydrogens (primary N) is 1. The standard InChI is InChI=1S/C14H20BrN3O/c1-9-3-2-4-10(5-9)7-18-14(19)12-6-11(15)8-17-13(12)16/h6,8-10H,2-5,7H2,1H3,(H2,16,17)(H,18,19). The molecule has 1 amide bonds. The maximum absolute atomic E-state index is 12.1. The molecule has 2 unspecified atom stereocenters. The molecule has 2 atom stereocenters. The van der Waals surface area contributed by atoms with E-state index in [0.717, 1.165) is 16.9 Å². The molecule has 19 heavy (non-hydrogen) atoms. The van der Waals surface area contributed by atoms with Gasteiger partial charge in [0.25, 0.3) is 5.91 Å². The summed E-state index contributed by atoms with van der Waals surface area (Å²) in [6.45, 7) is 3.01. The van der Waals surface area contributed by atoms with E-state index in [0.29, 0.717) is 11.5 Å². The Hall–Kier alpha value is -1.10. The van der Waals surface area contributed by atoms with Crippen LogP contribution in [0.4, 0.5) is 5.82 Å². The highest BCUT2D eigenvalue weighted by molar-refractivity contribution is 9.10. The molecule has 0 aromatic carbocycles. The van der Waals surface area contributed by atoms with E-state index < -0.39 is 0 Å². The van der Waals surface area contributed by atoms with Crippen molar-refractivity contribution >= 4 is 27.7 Å². The number of hydrogen-bond donors (Lipinski definition) is 2. The largest absolute Gasteiger partial charge is 0.383 e. The average molecular weight is 326 g/mol. The van der Waals surface area contributed by atoms with Gasteiger partial charge < -0.3 is 11.1 Å². The highest BCUT2D eigenvalue weighted by Crippen LogP contribution is 2.28. The normalized spacial score (nSPS) is 23.1. The highest BCUT2D eigenvalue weighted by Gasteiger charge is 2.20. The molecule has 0 radical (unpaired) electrons. The minimum absolute atomic E-state index is 0.135. The Labute approximate surface area is 122 Å². The lowest BCUT2D eigenvalue weighted by atomic mass is 9.82. The molecule has 1 heterocycles. The van der Waals surface area contributed by atoms with Gasteiger partial charge in [-0.05, 0) is 46.7 Å². The molecule has 0 spiro atoms. The van der Waals surface area contributed by atoms with Crippen LogP contribution in [0.25, 0.3) is 0 Å². The van der Waals surface area contributed by atoms with Gasteiger partial charge in [-0.25, -0.2) is 4.98 Å². The van der Waals surface area contributed by atoms with E-state index in [1.54, 1.807) is 12.3 Å². The molecule has 1 aliphatic rings. The number of aromatic nitrogens is 1. The zero-order chi connectivity index (χ0) is 13.8. The molecule has 0 saturated heterocycles. The van der Waals surface area contributed by atoms with Crippen LogP contribution in [0.2, 0.25) is 0 Å². The third-order valence-corrected chi connectivity index (χ3v) is 4.16. The first-order valence-corrected chi connectivity index (χ1v) is 7.54. The molecule has 5 heteroatoms. The Morgan fingerprint density at radius 1 is 1.58 bits per heavy atom. The number of halogens is 1. The average Bonchev–Trinajstić information content (AvgIpc) is 2.39. The van der Waals surface area contributed by atoms with Crippen molar-refractivity contribution < 1.29 is 4.79 Å². The maximum Gasteiger partial charge on any atom is 0.255 e. The van der Waals surface area contributed by atoms with E-state index in [4.69, 9.17) is 5.73 Å². The van der Waals surface area contributed by atoms with Gasteiger partial charge in [-0.2, -0.15) is 0 Å². The lowest BCUT2D eigenvalue weighted by molar-refractivity contribution is 0.0941. The second-order valence-corrected chi connectivity index (χ2v) is 6.35. The summed E-state index contributed by atoms with van der Waals surface area (Å²) in [5.74, 6) is 1.50. The Bertz CT molecular complexity index is 464. The molecule has 4 nitrogen and oxygen atoms in total. The number of carbonyl (C=O) groups is 1. The zero-order valence-corrected chi connectivity index (χ0v) is 12.7. The van der Waals surface area contributed by atoms with Gasteiger partial charge in [0.15, 0.2) is 0 Å². The van der Waals surface area contributed by atoms with Crippen LogP contribution in [0.3, 0.4) is 0 Å². The Morgan fingerprint density at radius 2 is 2.37 bits per heavy atom. The fourth-order valence-corrected chi connectivity index (χ4v) is 3.04. The summed E-state index contributed by atoms with van der Waals surface area (Å²) in [4.78, 5) is 16.1. The number of nitrogens with zero attached hydrogens (tertiary/aromatic N) is 1. The van der Waals surface area contributed by atoms with Crippen molar-refractivity contribution in [3.8, 4) is 0 Å². The predicted octanol–water partition coefficient (Wildman–Crippen LogP) is 2.98. The fourth-order valence-electron chi connectivity index (χ4n) is 2.71. The molecule has 1 saturated carbocycles. The molecule has 1 aromatic rings. The minimum Gasteiger partial charge on any atom is -0.383 e. The Kier molecular flexibility index (Phi) is 4.80. The van der Waals surface area contributed by atoms with E-state index in [-0.39, 0.29) is 11.7 Å². The lowest BCUT2D eigenvalue weighted by Gasteiger charge is -2.26. The van der Waals surface area contributed by atoms with E-state index in [2.05, 4.69) is 33.2 Å². The number of rotatable bonds is 3. The molecule has 1 aliphatic carbocycles. The molecular weight excluding hydrogens is 306 g/mol. The third kappa shape index (κ3) is 3.93. The number of pyridine rings is 1. The van der Waals surface area contributed by atoms with Crippen molar-refractivity contribution in [3.05, 3.63) is 22.3 Å². The first-order chi connectivity index (χ1) is 9.06. The Balaban J connectivity index is 1.92. The van der Waals surface area contributed by atoms with Gasteiger partial charge in [0.2, 0.25) is 0 Å². The number of nitrogen functional groups attached to an aromatic ring is 1. The van der Waals surface area contributed by atoms with Gasteiger partial charge >= 0.3 is 0 Å². The molecule has 3 N–H and O–H groups in total. The molecular formula is C14H20BrN3O. The van der Waals surface area contributed by atoms with Gasteiger partial charge in [0.05, 0.1) is 5.56 Å². The lowest BCUT2D eigenvalue weighted by Crippen LogP contribution is -2.32. The van der Waals surface area contributed by atoms with Gasteiger partial charge in [0, 0.05) is 17.2 Å². The Morgan fingerprint density at radius 3 is 3.11 bits per heavy atom. The minimum atomic E-state index is -0.135. The third-order valence-electron chi connectivity index (χ3n) is 3.73. The van der Waals surface area contributed by atoms with E-state index >= 15 is 0 Å². The summed E-state index contributed by atoms with van der Waals surface area (Å²) in [5, 5.41) is 2.98. The quantitative estimate of drug-likeness (QED) is 0.897. The summed E-state index contributed by atoms with van der Waals surface area (Å²) in [6, 6.07) is 1.71. The zero-order valence-electron chi connectivity index (χ0n) is 11.2. The van der Waals surface area contributed by atoms with Crippen LogP contribution in [0.5, 0.6) is 0 Å². The summed E-state index contributed by atoms with van der Waals surface area (Å²) in [6.07, 6.45) is 6.58. The second kappa shape index (κ2) is 6.37. The van der Waals surface area contributed by atoms with Crippen LogP contribution in [-0.4, -0.2) is 17.4 Å². The second-order valence-electron chi connectivity index (χ2n) is 5.43. The van der Waals surface area contributed by atoms with Crippen LogP contribution in [0.15, 0.2) is 16.7 Å². The molecule has 0 aliphatic heterocycles. The van der Waals surface area contributed by atoms with Crippen molar-refractivity contribution in [1.29, 1.82) is 0 Å². The van der Waals surface area contributed by atoms with Crippen molar-refractivity contribution in [3.63, 3.8) is 0 Å². The van der Waals surface area contributed by atoms with Crippen LogP contribution in [0, 0.1) is 11.8 Å². The first-order valence-electron chi connectivity index (χ1n) is 6.75. The number of nitrogens with one attached hydrogen (secondary N) is 1. The van der Waals surface area contributed by atoms with E-state index in [1.165, 1.54) is 25.7 Å². The summed E-state index contributed by atoms with van der Waals surface area (Å²) >= 11 is 3.30. The van der Waals surface area contributed by atoms with Crippen LogP contribution >= 0.6 is 15.9 Å². The topological polar surface area (TPSA) is 68.0 Å². The fraction of sp³-hybridized carbons (Fsp3) is 0.571. The van der Waals surface area contributed by atoms with Gasteiger partial charge in [-0.1, -0.05) is 19.8 Å². The molecule has 2 rings (SSSR count). The van der Waals surface area contributed by atoms with Gasteiger partial charge in [-0.15, -0.1) is 0 Å². The van der Waals surface area contributed by atoms with Crippen LogP contribution in [0.1, 0.15) is 43.0 Å². The van der Waals surface area contributed by atoms with Crippen molar-refractivity contribution in [2.24, 2.45) is 11.8 Å². The van der Waals surface area contributed by atoms with Crippen molar-refractivity contribution in [2.75, 3.05) is 12.3 Å². The highest BCUT2D eigenvalue weighted by atomic mass is 79.9. The molecule has 1 fully saturated rings. The van der Waals surface area contributed by atoms with Crippen molar-refractivity contribution in [2.45, 2.75) is 32.6 Å². The molecule has 104 valence electrons. The molecule has 1 aromatic heterocycles. The van der Waals surface area contributed by atoms with Crippen LogP contribution < -0.4 is 11.1 Å². The predicted molar refractivity (Wildman–Crippen MR) is 79.8 cm³/mol. The van der Waals surface area contributed by atoms with E-state index in [9.17, 15) is 4.79 Å². The van der Waals surface area contributed by atoms with Crippen molar-refractivity contribution in [1.82, 2.24) is 10.3 Å². The summed E-state index contributed by atoms with van der Waals surface area (Å²) in [7, 11) is 0. The SMILES string of the molecule is CC1CCCC(CNC(=O)c2cc(Br)cnc2N)C1. The maximum atomic E-state index is 12.1.